The SMILES string of the molecule is CCC(=O)c1ccc(SNc2c(OC)ccc3cnn(C)c23)cn1. The molecule has 0 amide bonds. The maximum Gasteiger partial charge on any atom is 0.180 e. The van der Waals surface area contributed by atoms with Gasteiger partial charge < -0.3 is 9.46 Å². The number of anilines is 1. The number of ketones is 1. The Morgan fingerprint density at radius 1 is 1.29 bits per heavy atom. The maximum absolute atomic E-state index is 11.6. The van der Waals surface area contributed by atoms with E-state index in [1.807, 2.05) is 43.0 Å². The number of aromatic nitrogens is 3. The van der Waals surface area contributed by atoms with E-state index in [9.17, 15) is 4.79 Å². The van der Waals surface area contributed by atoms with Crippen LogP contribution in [0.2, 0.25) is 0 Å². The van der Waals surface area contributed by atoms with Gasteiger partial charge in [-0.1, -0.05) is 6.92 Å². The lowest BCUT2D eigenvalue weighted by atomic mass is 10.2. The largest absolute Gasteiger partial charge is 0.494 e. The first-order chi connectivity index (χ1) is 11.6. The van der Waals surface area contributed by atoms with Gasteiger partial charge in [-0.05, 0) is 36.2 Å². The fourth-order valence-corrected chi connectivity index (χ4v) is 3.07. The van der Waals surface area contributed by atoms with Crippen LogP contribution in [0.1, 0.15) is 23.8 Å². The molecule has 0 spiro atoms. The third-order valence-electron chi connectivity index (χ3n) is 3.70. The van der Waals surface area contributed by atoms with E-state index in [0.717, 1.165) is 27.2 Å². The van der Waals surface area contributed by atoms with Gasteiger partial charge in [0, 0.05) is 29.9 Å². The van der Waals surface area contributed by atoms with Gasteiger partial charge in [-0.15, -0.1) is 0 Å². The fourth-order valence-electron chi connectivity index (χ4n) is 2.41. The van der Waals surface area contributed by atoms with Gasteiger partial charge in [-0.2, -0.15) is 5.10 Å². The van der Waals surface area contributed by atoms with Gasteiger partial charge in [-0.3, -0.25) is 14.5 Å². The summed E-state index contributed by atoms with van der Waals surface area (Å²) >= 11 is 1.41. The minimum atomic E-state index is 0.0424. The van der Waals surface area contributed by atoms with E-state index in [1.165, 1.54) is 11.9 Å². The van der Waals surface area contributed by atoms with Gasteiger partial charge in [0.25, 0.3) is 0 Å². The smallest absolute Gasteiger partial charge is 0.180 e. The summed E-state index contributed by atoms with van der Waals surface area (Å²) in [5.74, 6) is 0.783. The van der Waals surface area contributed by atoms with Crippen LogP contribution in [0.25, 0.3) is 10.9 Å². The number of benzene rings is 1. The molecule has 3 aromatic rings. The average molecular weight is 342 g/mol. The first-order valence-corrected chi connectivity index (χ1v) is 8.36. The standard InChI is InChI=1S/C17H18N4O2S/c1-4-14(22)13-7-6-12(10-18-13)24-20-16-15(23-3)8-5-11-9-19-21(2)17(11)16/h5-10,20H,4H2,1-3H3. The summed E-state index contributed by atoms with van der Waals surface area (Å²) in [4.78, 5) is 16.8. The highest BCUT2D eigenvalue weighted by Gasteiger charge is 2.13. The number of methoxy groups -OCH3 is 1. The Morgan fingerprint density at radius 2 is 2.12 bits per heavy atom. The molecule has 0 unspecified atom stereocenters. The molecule has 0 saturated carbocycles. The number of rotatable bonds is 6. The Labute approximate surface area is 144 Å². The van der Waals surface area contributed by atoms with Gasteiger partial charge in [0.1, 0.15) is 17.1 Å². The van der Waals surface area contributed by atoms with Crippen molar-refractivity contribution in [2.24, 2.45) is 7.05 Å². The van der Waals surface area contributed by atoms with E-state index >= 15 is 0 Å². The van der Waals surface area contributed by atoms with Crippen molar-refractivity contribution in [1.82, 2.24) is 14.8 Å². The Kier molecular flexibility index (Phi) is 4.71. The van der Waals surface area contributed by atoms with Gasteiger partial charge in [0.15, 0.2) is 5.78 Å². The van der Waals surface area contributed by atoms with Crippen molar-refractivity contribution in [3.05, 3.63) is 42.4 Å². The zero-order valence-corrected chi connectivity index (χ0v) is 14.6. The van der Waals surface area contributed by atoms with Crippen LogP contribution >= 0.6 is 11.9 Å². The number of carbonyl (C=O) groups is 1. The second-order valence-electron chi connectivity index (χ2n) is 5.21. The van der Waals surface area contributed by atoms with Gasteiger partial charge in [0.2, 0.25) is 0 Å². The van der Waals surface area contributed by atoms with Crippen LogP contribution in [0, 0.1) is 0 Å². The summed E-state index contributed by atoms with van der Waals surface area (Å²) in [6.45, 7) is 1.83. The van der Waals surface area contributed by atoms with Crippen LogP contribution in [0.4, 0.5) is 5.69 Å². The summed E-state index contributed by atoms with van der Waals surface area (Å²) < 4.78 is 10.6. The van der Waals surface area contributed by atoms with Crippen molar-refractivity contribution in [2.75, 3.05) is 11.8 Å². The highest BCUT2D eigenvalue weighted by atomic mass is 32.2. The molecule has 0 atom stereocenters. The number of hydrogen-bond acceptors (Lipinski definition) is 6. The lowest BCUT2D eigenvalue weighted by molar-refractivity contribution is 0.0983. The van der Waals surface area contributed by atoms with Crippen LogP contribution < -0.4 is 9.46 Å². The van der Waals surface area contributed by atoms with Gasteiger partial charge >= 0.3 is 0 Å². The quantitative estimate of drug-likeness (QED) is 0.544. The van der Waals surface area contributed by atoms with E-state index in [0.29, 0.717) is 12.1 Å². The number of carbonyl (C=O) groups excluding carboxylic acids is 1. The van der Waals surface area contributed by atoms with E-state index in [-0.39, 0.29) is 5.78 Å². The highest BCUT2D eigenvalue weighted by Crippen LogP contribution is 2.35. The molecule has 1 aromatic carbocycles. The molecule has 6 nitrogen and oxygen atoms in total. The first-order valence-electron chi connectivity index (χ1n) is 7.54. The summed E-state index contributed by atoms with van der Waals surface area (Å²) in [6.07, 6.45) is 3.96. The Morgan fingerprint density at radius 3 is 2.79 bits per heavy atom. The molecule has 7 heteroatoms. The number of ether oxygens (including phenoxy) is 1. The van der Waals surface area contributed by atoms with Gasteiger partial charge in [-0.25, -0.2) is 0 Å². The molecule has 0 radical (unpaired) electrons. The summed E-state index contributed by atoms with van der Waals surface area (Å²) in [6, 6.07) is 7.51. The second-order valence-corrected chi connectivity index (χ2v) is 6.09. The molecule has 2 aromatic heterocycles. The van der Waals surface area contributed by atoms with Crippen molar-refractivity contribution in [1.29, 1.82) is 0 Å². The van der Waals surface area contributed by atoms with Crippen LogP contribution in [0.5, 0.6) is 5.75 Å². The molecule has 0 aliphatic heterocycles. The van der Waals surface area contributed by atoms with E-state index in [1.54, 1.807) is 19.4 Å². The minimum absolute atomic E-state index is 0.0424. The number of Topliss-reactive ketones (excluding diaryl/α,β-unsaturated/α-hetero) is 1. The van der Waals surface area contributed by atoms with Crippen LogP contribution in [0.15, 0.2) is 41.6 Å². The summed E-state index contributed by atoms with van der Waals surface area (Å²) in [7, 11) is 3.53. The highest BCUT2D eigenvalue weighted by molar-refractivity contribution is 8.00. The third-order valence-corrected chi connectivity index (χ3v) is 4.48. The maximum atomic E-state index is 11.6. The average Bonchev–Trinajstić information content (AvgIpc) is 3.00. The molecule has 0 aliphatic carbocycles. The first kappa shape index (κ1) is 16.3. The predicted molar refractivity (Wildman–Crippen MR) is 95.6 cm³/mol. The number of nitrogens with zero attached hydrogens (tertiary/aromatic N) is 3. The molecule has 1 N–H and O–H groups in total. The van der Waals surface area contributed by atoms with E-state index in [2.05, 4.69) is 14.8 Å². The molecule has 0 fully saturated rings. The molecule has 24 heavy (non-hydrogen) atoms. The normalized spacial score (nSPS) is 10.8. The van der Waals surface area contributed by atoms with Crippen LogP contribution in [0.3, 0.4) is 0 Å². The number of aryl methyl sites for hydroxylation is 1. The summed E-state index contributed by atoms with van der Waals surface area (Å²) in [5, 5.41) is 5.32. The molecule has 3 rings (SSSR count). The zero-order valence-electron chi connectivity index (χ0n) is 13.7. The predicted octanol–water partition coefficient (Wildman–Crippen LogP) is 3.69. The number of nitrogens with one attached hydrogen (secondary N) is 1. The van der Waals surface area contributed by atoms with Crippen molar-refractivity contribution in [2.45, 2.75) is 18.2 Å². The minimum Gasteiger partial charge on any atom is -0.494 e. The topological polar surface area (TPSA) is 69.0 Å². The third kappa shape index (κ3) is 3.07. The van der Waals surface area contributed by atoms with Crippen molar-refractivity contribution < 1.29 is 9.53 Å². The lowest BCUT2D eigenvalue weighted by Crippen LogP contribution is -2.00. The molecular weight excluding hydrogens is 324 g/mol. The van der Waals surface area contributed by atoms with E-state index < -0.39 is 0 Å². The number of fused-ring (bicyclic) bond motifs is 1. The molecule has 124 valence electrons. The van der Waals surface area contributed by atoms with E-state index in [4.69, 9.17) is 4.74 Å². The monoisotopic (exact) mass is 342 g/mol. The van der Waals surface area contributed by atoms with Crippen LogP contribution in [-0.4, -0.2) is 27.7 Å². The number of hydrogen-bond donors (Lipinski definition) is 1. The molecule has 0 saturated heterocycles. The van der Waals surface area contributed by atoms with Crippen molar-refractivity contribution in [3.63, 3.8) is 0 Å². The molecule has 2 heterocycles. The van der Waals surface area contributed by atoms with Crippen LogP contribution in [-0.2, 0) is 7.05 Å². The molecule has 0 bridgehead atoms. The zero-order chi connectivity index (χ0) is 17.1. The Hall–Kier alpha value is -2.54. The van der Waals surface area contributed by atoms with Crippen molar-refractivity contribution >= 4 is 34.3 Å². The summed E-state index contributed by atoms with van der Waals surface area (Å²) in [5.41, 5.74) is 2.31. The second kappa shape index (κ2) is 6.92. The fraction of sp³-hybridized carbons (Fsp3) is 0.235. The number of pyridine rings is 1. The molecule has 0 aliphatic rings. The van der Waals surface area contributed by atoms with Crippen molar-refractivity contribution in [3.8, 4) is 5.75 Å². The Bertz CT molecular complexity index is 874. The molecular formula is C17H18N4O2S. The lowest BCUT2D eigenvalue weighted by Gasteiger charge is -2.12. The Balaban J connectivity index is 1.85. The van der Waals surface area contributed by atoms with Gasteiger partial charge in [0.05, 0.1) is 18.8 Å².